The maximum absolute atomic E-state index is 12.9. The highest BCUT2D eigenvalue weighted by molar-refractivity contribution is 7.47. The second-order valence-electron chi connectivity index (χ2n) is 21.1. The fraction of sp³-hybridized carbons (Fsp3) is 0.638. The average molecular weight is 1260 g/mol. The Morgan fingerprint density at radius 1 is 0.333 bits per heavy atom. The summed E-state index contributed by atoms with van der Waals surface area (Å²) in [6, 6.07) is 0. The number of hydrogen-bond acceptors (Lipinski definition) is 14. The molecule has 0 amide bonds. The Hall–Kier alpha value is -4.31. The minimum absolute atomic E-state index is 0.0677. The van der Waals surface area contributed by atoms with Gasteiger partial charge in [0.15, 0.2) is 6.10 Å². The second kappa shape index (κ2) is 61.9. The molecule has 0 aliphatic carbocycles. The summed E-state index contributed by atoms with van der Waals surface area (Å²) in [4.78, 5) is 58.3. The lowest BCUT2D eigenvalue weighted by molar-refractivity contribution is -0.161. The standard InChI is InChI=1S/C69H114O16P2/c1-4-7-10-13-16-19-22-25-28-30-31-33-36-37-40-43-46-49-52-55-67(72)79-58-64(70)59-81-86(75,76)82-60-65(71)61-83-87(77,78)84-63-66(85-69(74)57-54-51-48-45-42-39-34-27-24-21-18-15-12-9-6-3)62-80-68(73)56-53-50-47-44-41-38-35-32-29-26-23-20-17-14-11-8-5-2/h8-9,11-12,16-21,25-29,31,33-35,38,44,47,64-66,70-71H,4-7,10,13-15,22-24,30,32,36-37,39-43,45-46,48-63H2,1-3H3,(H,75,76)(H,77,78)/b11-8-,12-9-,19-16-,20-17-,21-18-,28-25-,29-26-,33-31-,34-27-,38-35-,47-44-. The molecule has 16 nitrogen and oxygen atoms in total. The third kappa shape index (κ3) is 63.1. The number of aliphatic hydroxyl groups excluding tert-OH is 2. The smallest absolute Gasteiger partial charge is 0.463 e. The molecule has 0 spiro atoms. The topological polar surface area (TPSA) is 231 Å². The molecule has 0 radical (unpaired) electrons. The summed E-state index contributed by atoms with van der Waals surface area (Å²) in [5, 5.41) is 20.5. The van der Waals surface area contributed by atoms with Gasteiger partial charge in [-0.2, -0.15) is 0 Å². The Morgan fingerprint density at radius 2 is 0.621 bits per heavy atom. The molecule has 87 heavy (non-hydrogen) atoms. The fourth-order valence-corrected chi connectivity index (χ4v) is 9.50. The minimum Gasteiger partial charge on any atom is -0.463 e. The largest absolute Gasteiger partial charge is 0.472 e. The molecule has 18 heteroatoms. The van der Waals surface area contributed by atoms with E-state index in [1.54, 1.807) is 0 Å². The van der Waals surface area contributed by atoms with Gasteiger partial charge in [-0.05, 0) is 128 Å². The first kappa shape index (κ1) is 82.7. The van der Waals surface area contributed by atoms with E-state index in [0.29, 0.717) is 25.7 Å². The average Bonchev–Trinajstić information content (AvgIpc) is 3.68. The zero-order valence-electron chi connectivity index (χ0n) is 53.4. The van der Waals surface area contributed by atoms with E-state index >= 15 is 0 Å². The molecular weight excluding hydrogens is 1150 g/mol. The lowest BCUT2D eigenvalue weighted by atomic mass is 10.1. The number of aliphatic hydroxyl groups is 2. The highest BCUT2D eigenvalue weighted by Gasteiger charge is 2.29. The Labute approximate surface area is 525 Å². The van der Waals surface area contributed by atoms with Gasteiger partial charge in [-0.1, -0.05) is 212 Å². The molecule has 4 N–H and O–H groups in total. The molecule has 496 valence electrons. The van der Waals surface area contributed by atoms with Crippen molar-refractivity contribution in [3.05, 3.63) is 134 Å². The van der Waals surface area contributed by atoms with Crippen LogP contribution in [-0.4, -0.2) is 95.9 Å². The molecule has 0 aliphatic heterocycles. The van der Waals surface area contributed by atoms with Crippen LogP contribution in [-0.2, 0) is 55.8 Å². The zero-order valence-corrected chi connectivity index (χ0v) is 55.2. The van der Waals surface area contributed by atoms with Crippen LogP contribution >= 0.6 is 15.6 Å². The number of unbranched alkanes of at least 4 members (excludes halogenated alkanes) is 15. The van der Waals surface area contributed by atoms with Crippen LogP contribution in [0.3, 0.4) is 0 Å². The van der Waals surface area contributed by atoms with Crippen molar-refractivity contribution in [2.75, 3.05) is 39.6 Å². The molecule has 0 fully saturated rings. The van der Waals surface area contributed by atoms with E-state index in [2.05, 4.69) is 142 Å². The highest BCUT2D eigenvalue weighted by atomic mass is 31.2. The summed E-state index contributed by atoms with van der Waals surface area (Å²) in [5.41, 5.74) is 0. The molecule has 5 atom stereocenters. The lowest BCUT2D eigenvalue weighted by Crippen LogP contribution is -2.30. The SMILES string of the molecule is CC/C=C\C/C=C\C/C=C\C/C=C\C/C=C\CCCC(=O)OCC(COP(=O)(O)OCC(O)COP(=O)(O)OCC(O)COC(=O)CCCCCCCC/C=C\C/C=C\C/C=C\CCCCC)OC(=O)CCCCCCC/C=C\C/C=C\C/C=C\CC. The summed E-state index contributed by atoms with van der Waals surface area (Å²) in [6.45, 7) is 2.28. The number of rotatable bonds is 60. The maximum atomic E-state index is 12.9. The van der Waals surface area contributed by atoms with E-state index in [9.17, 15) is 43.5 Å². The Kier molecular flexibility index (Phi) is 58.8. The van der Waals surface area contributed by atoms with Gasteiger partial charge in [-0.25, -0.2) is 9.13 Å². The molecule has 0 aromatic carbocycles. The second-order valence-corrected chi connectivity index (χ2v) is 24.1. The van der Waals surface area contributed by atoms with Crippen LogP contribution in [0, 0.1) is 0 Å². The number of carbonyl (C=O) groups is 3. The first-order valence-corrected chi connectivity index (χ1v) is 35.5. The van der Waals surface area contributed by atoms with E-state index in [1.807, 2.05) is 12.2 Å². The molecule has 0 aliphatic rings. The van der Waals surface area contributed by atoms with Crippen LogP contribution in [0.1, 0.15) is 226 Å². The zero-order chi connectivity index (χ0) is 63.8. The van der Waals surface area contributed by atoms with Crippen LogP contribution in [0.2, 0.25) is 0 Å². The number of allylic oxidation sites excluding steroid dienone is 22. The molecule has 0 heterocycles. The summed E-state index contributed by atoms with van der Waals surface area (Å²) in [7, 11) is -9.80. The van der Waals surface area contributed by atoms with Crippen LogP contribution in [0.5, 0.6) is 0 Å². The van der Waals surface area contributed by atoms with Gasteiger partial charge in [-0.3, -0.25) is 32.5 Å². The molecular formula is C69H114O16P2. The van der Waals surface area contributed by atoms with Crippen molar-refractivity contribution in [3.8, 4) is 0 Å². The summed E-state index contributed by atoms with van der Waals surface area (Å²) in [5.74, 6) is -1.69. The molecule has 5 unspecified atom stereocenters. The quantitative estimate of drug-likeness (QED) is 0.0146. The third-order valence-corrected chi connectivity index (χ3v) is 14.7. The monoisotopic (exact) mass is 1260 g/mol. The van der Waals surface area contributed by atoms with Crippen LogP contribution in [0.4, 0.5) is 0 Å². The van der Waals surface area contributed by atoms with Crippen LogP contribution in [0.25, 0.3) is 0 Å². The van der Waals surface area contributed by atoms with Crippen molar-refractivity contribution < 1.29 is 75.8 Å². The van der Waals surface area contributed by atoms with E-state index in [1.165, 1.54) is 19.3 Å². The Morgan fingerprint density at radius 3 is 1.01 bits per heavy atom. The summed E-state index contributed by atoms with van der Waals surface area (Å²) in [6.07, 6.45) is 70.9. The van der Waals surface area contributed by atoms with E-state index in [4.69, 9.17) is 32.3 Å². The minimum atomic E-state index is -4.94. The van der Waals surface area contributed by atoms with Gasteiger partial charge in [0.2, 0.25) is 0 Å². The third-order valence-electron chi connectivity index (χ3n) is 12.8. The van der Waals surface area contributed by atoms with Gasteiger partial charge in [0.05, 0.1) is 26.4 Å². The Balaban J connectivity index is 4.77. The number of phosphoric ester groups is 2. The normalized spacial score (nSPS) is 15.2. The maximum Gasteiger partial charge on any atom is 0.472 e. The molecule has 0 saturated heterocycles. The lowest BCUT2D eigenvalue weighted by Gasteiger charge is -2.21. The van der Waals surface area contributed by atoms with E-state index in [0.717, 1.165) is 141 Å². The number of carbonyl (C=O) groups excluding carboxylic acids is 3. The van der Waals surface area contributed by atoms with Gasteiger partial charge < -0.3 is 34.2 Å². The predicted octanol–water partition coefficient (Wildman–Crippen LogP) is 17.6. The fourth-order valence-electron chi connectivity index (χ4n) is 7.92. The van der Waals surface area contributed by atoms with Gasteiger partial charge in [0.1, 0.15) is 25.4 Å². The van der Waals surface area contributed by atoms with E-state index < -0.39 is 91.5 Å². The van der Waals surface area contributed by atoms with Gasteiger partial charge in [-0.15, -0.1) is 0 Å². The van der Waals surface area contributed by atoms with Crippen molar-refractivity contribution in [2.45, 2.75) is 245 Å². The number of ether oxygens (including phenoxy) is 3. The van der Waals surface area contributed by atoms with Crippen molar-refractivity contribution in [3.63, 3.8) is 0 Å². The van der Waals surface area contributed by atoms with Crippen LogP contribution in [0.15, 0.2) is 134 Å². The molecule has 0 aromatic rings. The number of esters is 3. The Bertz CT molecular complexity index is 2120. The molecule has 0 aromatic heterocycles. The van der Waals surface area contributed by atoms with E-state index in [-0.39, 0.29) is 19.3 Å². The van der Waals surface area contributed by atoms with Crippen molar-refractivity contribution in [1.82, 2.24) is 0 Å². The van der Waals surface area contributed by atoms with Gasteiger partial charge in [0.25, 0.3) is 0 Å². The van der Waals surface area contributed by atoms with Gasteiger partial charge in [0, 0.05) is 19.3 Å². The summed E-state index contributed by atoms with van der Waals surface area (Å²) < 4.78 is 60.7. The predicted molar refractivity (Wildman–Crippen MR) is 353 cm³/mol. The van der Waals surface area contributed by atoms with Crippen molar-refractivity contribution >= 4 is 33.6 Å². The van der Waals surface area contributed by atoms with Crippen molar-refractivity contribution in [1.29, 1.82) is 0 Å². The molecule has 0 saturated carbocycles. The van der Waals surface area contributed by atoms with Crippen LogP contribution < -0.4 is 0 Å². The van der Waals surface area contributed by atoms with Crippen molar-refractivity contribution in [2.24, 2.45) is 0 Å². The first-order valence-electron chi connectivity index (χ1n) is 32.5. The molecule has 0 rings (SSSR count). The number of phosphoric acid groups is 2. The molecule has 0 bridgehead atoms. The number of hydrogen-bond donors (Lipinski definition) is 4. The summed E-state index contributed by atoms with van der Waals surface area (Å²) >= 11 is 0. The highest BCUT2D eigenvalue weighted by Crippen LogP contribution is 2.45. The van der Waals surface area contributed by atoms with Gasteiger partial charge >= 0.3 is 33.6 Å². The first-order chi connectivity index (χ1) is 42.2.